The lowest BCUT2D eigenvalue weighted by Crippen LogP contribution is -2.33. The topological polar surface area (TPSA) is 67.5 Å². The molecule has 0 spiro atoms. The molecular formula is C14H15FO4S. The maximum atomic E-state index is 13.6. The summed E-state index contributed by atoms with van der Waals surface area (Å²) in [5.74, 6) is -0.323. The highest BCUT2D eigenvalue weighted by Crippen LogP contribution is 2.34. The highest BCUT2D eigenvalue weighted by Gasteiger charge is 2.37. The minimum Gasteiger partial charge on any atom is -0.455 e. The van der Waals surface area contributed by atoms with Crippen LogP contribution >= 0.6 is 0 Å². The van der Waals surface area contributed by atoms with E-state index in [1.54, 1.807) is 12.1 Å². The molecule has 0 radical (unpaired) electrons. The van der Waals surface area contributed by atoms with E-state index in [9.17, 15) is 17.9 Å². The number of benzene rings is 1. The minimum atomic E-state index is -3.32. The van der Waals surface area contributed by atoms with Crippen LogP contribution in [0.2, 0.25) is 0 Å². The van der Waals surface area contributed by atoms with Crippen LogP contribution in [0, 0.1) is 5.82 Å². The third kappa shape index (κ3) is 2.23. The maximum Gasteiger partial charge on any atom is 0.170 e. The van der Waals surface area contributed by atoms with E-state index in [1.807, 2.05) is 0 Å². The summed E-state index contributed by atoms with van der Waals surface area (Å²) in [5, 5.41) is 9.94. The van der Waals surface area contributed by atoms with Crippen LogP contribution in [-0.4, -0.2) is 24.5 Å². The molecule has 0 aliphatic carbocycles. The van der Waals surface area contributed by atoms with Gasteiger partial charge in [0, 0.05) is 5.39 Å². The van der Waals surface area contributed by atoms with Gasteiger partial charge in [0.25, 0.3) is 0 Å². The van der Waals surface area contributed by atoms with Crippen LogP contribution in [0.25, 0.3) is 11.0 Å². The summed E-state index contributed by atoms with van der Waals surface area (Å²) in [5.41, 5.74) is 0.0507. The van der Waals surface area contributed by atoms with E-state index in [2.05, 4.69) is 0 Å². The number of aliphatic hydroxyl groups is 1. The zero-order chi connectivity index (χ0) is 14.3. The first kappa shape index (κ1) is 13.6. The Balaban J connectivity index is 2.00. The molecule has 0 amide bonds. The molecule has 3 rings (SSSR count). The quantitative estimate of drug-likeness (QED) is 0.925. The lowest BCUT2D eigenvalue weighted by molar-refractivity contribution is 0.140. The Hall–Kier alpha value is -1.40. The fourth-order valence-corrected chi connectivity index (χ4v) is 4.67. The second-order valence-corrected chi connectivity index (χ2v) is 7.49. The summed E-state index contributed by atoms with van der Waals surface area (Å²) in [6.07, 6.45) is 0.547. The molecule has 20 heavy (non-hydrogen) atoms. The van der Waals surface area contributed by atoms with Crippen molar-refractivity contribution >= 4 is 20.8 Å². The highest BCUT2D eigenvalue weighted by atomic mass is 32.2. The van der Waals surface area contributed by atoms with Crippen LogP contribution in [0.5, 0.6) is 0 Å². The first-order chi connectivity index (χ1) is 9.49. The zero-order valence-corrected chi connectivity index (χ0v) is 11.6. The molecule has 0 bridgehead atoms. The van der Waals surface area contributed by atoms with Gasteiger partial charge in [0.2, 0.25) is 0 Å². The van der Waals surface area contributed by atoms with E-state index in [0.29, 0.717) is 18.2 Å². The second kappa shape index (κ2) is 4.86. The first-order valence-corrected chi connectivity index (χ1v) is 8.28. The first-order valence-electron chi connectivity index (χ1n) is 6.56. The molecule has 0 saturated carbocycles. The number of hydrogen-bond acceptors (Lipinski definition) is 4. The van der Waals surface area contributed by atoms with E-state index in [4.69, 9.17) is 4.42 Å². The third-order valence-electron chi connectivity index (χ3n) is 3.79. The normalized spacial score (nSPS) is 23.8. The molecule has 4 nitrogen and oxygen atoms in total. The second-order valence-electron chi connectivity index (χ2n) is 5.15. The van der Waals surface area contributed by atoms with Crippen LogP contribution in [0.15, 0.2) is 28.7 Å². The molecule has 1 fully saturated rings. The zero-order valence-electron chi connectivity index (χ0n) is 10.8. The average molecular weight is 298 g/mol. The Kier molecular flexibility index (Phi) is 3.30. The fraction of sp³-hybridized carbons (Fsp3) is 0.429. The van der Waals surface area contributed by atoms with Crippen molar-refractivity contribution in [3.05, 3.63) is 35.8 Å². The Bertz CT molecular complexity index is 735. The largest absolute Gasteiger partial charge is 0.455 e. The molecule has 2 unspecified atom stereocenters. The number of sulfone groups is 1. The summed E-state index contributed by atoms with van der Waals surface area (Å²) in [6, 6.07) is 5.97. The predicted molar refractivity (Wildman–Crippen MR) is 72.6 cm³/mol. The van der Waals surface area contributed by atoms with Crippen molar-refractivity contribution in [1.29, 1.82) is 0 Å². The highest BCUT2D eigenvalue weighted by molar-refractivity contribution is 7.92. The van der Waals surface area contributed by atoms with Gasteiger partial charge in [0.15, 0.2) is 21.2 Å². The molecule has 1 aliphatic rings. The average Bonchev–Trinajstić information content (AvgIpc) is 2.83. The van der Waals surface area contributed by atoms with Crippen molar-refractivity contribution in [3.63, 3.8) is 0 Å². The van der Waals surface area contributed by atoms with Crippen LogP contribution in [0.1, 0.15) is 31.1 Å². The molecule has 1 saturated heterocycles. The molecular weight excluding hydrogens is 283 g/mol. The van der Waals surface area contributed by atoms with Gasteiger partial charge >= 0.3 is 0 Å². The number of halogens is 1. The van der Waals surface area contributed by atoms with Gasteiger partial charge in [-0.15, -0.1) is 0 Å². The van der Waals surface area contributed by atoms with Crippen LogP contribution < -0.4 is 0 Å². The molecule has 2 atom stereocenters. The molecule has 1 aliphatic heterocycles. The Morgan fingerprint density at radius 2 is 2.15 bits per heavy atom. The number of furan rings is 1. The maximum absolute atomic E-state index is 13.6. The summed E-state index contributed by atoms with van der Waals surface area (Å²) >= 11 is 0. The number of hydrogen-bond donors (Lipinski definition) is 1. The number of fused-ring (bicyclic) bond motifs is 1. The summed E-state index contributed by atoms with van der Waals surface area (Å²) in [6.45, 7) is 0. The van der Waals surface area contributed by atoms with E-state index in [1.165, 1.54) is 12.1 Å². The van der Waals surface area contributed by atoms with Crippen molar-refractivity contribution in [2.75, 3.05) is 5.75 Å². The van der Waals surface area contributed by atoms with Crippen molar-refractivity contribution < 1.29 is 22.3 Å². The van der Waals surface area contributed by atoms with Crippen molar-refractivity contribution in [3.8, 4) is 0 Å². The third-order valence-corrected chi connectivity index (χ3v) is 6.06. The molecule has 2 aromatic rings. The Morgan fingerprint density at radius 1 is 1.35 bits per heavy atom. The van der Waals surface area contributed by atoms with Crippen LogP contribution in [0.4, 0.5) is 4.39 Å². The van der Waals surface area contributed by atoms with Gasteiger partial charge in [-0.2, -0.15) is 0 Å². The molecule has 1 aromatic heterocycles. The van der Waals surface area contributed by atoms with E-state index in [-0.39, 0.29) is 17.1 Å². The predicted octanol–water partition coefficient (Wildman–Crippen LogP) is 2.57. The summed E-state index contributed by atoms with van der Waals surface area (Å²) in [7, 11) is -3.32. The Labute approximate surface area is 116 Å². The van der Waals surface area contributed by atoms with Crippen molar-refractivity contribution in [2.45, 2.75) is 30.6 Å². The fourth-order valence-electron chi connectivity index (χ4n) is 2.71. The van der Waals surface area contributed by atoms with Gasteiger partial charge < -0.3 is 9.52 Å². The minimum absolute atomic E-state index is 0.0507. The Morgan fingerprint density at radius 3 is 2.85 bits per heavy atom. The van der Waals surface area contributed by atoms with Crippen molar-refractivity contribution in [1.82, 2.24) is 0 Å². The van der Waals surface area contributed by atoms with Crippen molar-refractivity contribution in [2.24, 2.45) is 0 Å². The molecule has 2 heterocycles. The summed E-state index contributed by atoms with van der Waals surface area (Å²) < 4.78 is 42.9. The van der Waals surface area contributed by atoms with E-state index < -0.39 is 27.0 Å². The molecule has 1 N–H and O–H groups in total. The van der Waals surface area contributed by atoms with Gasteiger partial charge in [-0.1, -0.05) is 18.6 Å². The van der Waals surface area contributed by atoms with E-state index in [0.717, 1.165) is 6.42 Å². The van der Waals surface area contributed by atoms with Gasteiger partial charge in [0.1, 0.15) is 11.9 Å². The molecule has 108 valence electrons. The summed E-state index contributed by atoms with van der Waals surface area (Å²) in [4.78, 5) is 0. The van der Waals surface area contributed by atoms with Gasteiger partial charge in [-0.05, 0) is 25.0 Å². The van der Waals surface area contributed by atoms with Gasteiger partial charge in [-0.25, -0.2) is 12.8 Å². The smallest absolute Gasteiger partial charge is 0.170 e. The van der Waals surface area contributed by atoms with E-state index >= 15 is 0 Å². The van der Waals surface area contributed by atoms with Crippen LogP contribution in [-0.2, 0) is 9.84 Å². The number of aliphatic hydroxyl groups excluding tert-OH is 1. The lowest BCUT2D eigenvalue weighted by atomic mass is 10.1. The number of rotatable bonds is 2. The van der Waals surface area contributed by atoms with Crippen LogP contribution in [0.3, 0.4) is 0 Å². The number of para-hydroxylation sites is 1. The lowest BCUT2D eigenvalue weighted by Gasteiger charge is -2.25. The SMILES string of the molecule is O=S1(=O)CCCCC1C(O)c1cc2cccc(F)c2o1. The molecule has 1 aromatic carbocycles. The van der Waals surface area contributed by atoms with Gasteiger partial charge in [0.05, 0.1) is 11.0 Å². The monoisotopic (exact) mass is 298 g/mol. The standard InChI is InChI=1S/C14H15FO4S/c15-10-5-3-4-9-8-11(19-14(9)10)13(16)12-6-1-2-7-20(12,17)18/h3-5,8,12-13,16H,1-2,6-7H2. The van der Waals surface area contributed by atoms with Gasteiger partial charge in [-0.3, -0.25) is 0 Å². The molecule has 6 heteroatoms.